The molecule has 0 unspecified atom stereocenters. The Morgan fingerprint density at radius 2 is 2.04 bits per heavy atom. The number of rotatable bonds is 7. The molecule has 2 heterocycles. The summed E-state index contributed by atoms with van der Waals surface area (Å²) in [5.74, 6) is -0.357. The van der Waals surface area contributed by atoms with E-state index in [1.165, 1.54) is 24.8 Å². The Kier molecular flexibility index (Phi) is 5.07. The van der Waals surface area contributed by atoms with Gasteiger partial charge in [0, 0.05) is 25.0 Å². The lowest BCUT2D eigenvalue weighted by Gasteiger charge is -2.08. The number of nitrogens with one attached hydrogen (secondary N) is 1. The van der Waals surface area contributed by atoms with Gasteiger partial charge in [0.05, 0.1) is 12.0 Å². The first-order valence-electron chi connectivity index (χ1n) is 7.21. The SMILES string of the molecule is CC(C)Cn1cnc(S(=O)(=O)Nc2ccc(=O)n(CC(N)=O)c2)c1. The molecule has 24 heavy (non-hydrogen) atoms. The molecule has 9 nitrogen and oxygen atoms in total. The number of amides is 1. The van der Waals surface area contributed by atoms with Gasteiger partial charge in [0.1, 0.15) is 6.54 Å². The van der Waals surface area contributed by atoms with Crippen LogP contribution >= 0.6 is 0 Å². The van der Waals surface area contributed by atoms with Crippen LogP contribution in [-0.2, 0) is 27.9 Å². The summed E-state index contributed by atoms with van der Waals surface area (Å²) < 4.78 is 29.7. The van der Waals surface area contributed by atoms with E-state index in [-0.39, 0.29) is 17.3 Å². The highest BCUT2D eigenvalue weighted by molar-refractivity contribution is 7.92. The summed E-state index contributed by atoms with van der Waals surface area (Å²) >= 11 is 0. The number of primary amides is 1. The fourth-order valence-corrected chi connectivity index (χ4v) is 3.09. The molecule has 1 amide bonds. The summed E-state index contributed by atoms with van der Waals surface area (Å²) in [5.41, 5.74) is 4.73. The van der Waals surface area contributed by atoms with E-state index in [2.05, 4.69) is 9.71 Å². The molecule has 10 heteroatoms. The Bertz CT molecular complexity index is 898. The number of nitrogens with two attached hydrogens (primary N) is 1. The lowest BCUT2D eigenvalue weighted by atomic mass is 10.2. The van der Waals surface area contributed by atoms with Crippen LogP contribution in [0.4, 0.5) is 5.69 Å². The Balaban J connectivity index is 2.24. The number of sulfonamides is 1. The third-order valence-corrected chi connectivity index (χ3v) is 4.29. The van der Waals surface area contributed by atoms with Crippen molar-refractivity contribution >= 4 is 21.6 Å². The van der Waals surface area contributed by atoms with Gasteiger partial charge < -0.3 is 14.9 Å². The summed E-state index contributed by atoms with van der Waals surface area (Å²) in [6, 6.07) is 2.46. The highest BCUT2D eigenvalue weighted by Crippen LogP contribution is 2.13. The van der Waals surface area contributed by atoms with Gasteiger partial charge in [-0.3, -0.25) is 14.3 Å². The minimum Gasteiger partial charge on any atom is -0.368 e. The standard InChI is InChI=1S/C14H19N5O4S/c1-10(2)5-18-8-13(16-9-18)24(22,23)17-11-3-4-14(21)19(6-11)7-12(15)20/h3-4,6,8-10,17H,5,7H2,1-2H3,(H2,15,20). The zero-order chi connectivity index (χ0) is 17.9. The lowest BCUT2D eigenvalue weighted by Crippen LogP contribution is -2.27. The van der Waals surface area contributed by atoms with E-state index in [0.29, 0.717) is 12.5 Å². The third-order valence-electron chi connectivity index (χ3n) is 3.02. The van der Waals surface area contributed by atoms with Crippen LogP contribution in [-0.4, -0.2) is 28.4 Å². The molecule has 2 aromatic heterocycles. The fraction of sp³-hybridized carbons (Fsp3) is 0.357. The van der Waals surface area contributed by atoms with E-state index >= 15 is 0 Å². The van der Waals surface area contributed by atoms with Gasteiger partial charge in [-0.1, -0.05) is 13.8 Å². The molecular weight excluding hydrogens is 334 g/mol. The van der Waals surface area contributed by atoms with E-state index in [4.69, 9.17) is 5.73 Å². The van der Waals surface area contributed by atoms with Gasteiger partial charge in [-0.25, -0.2) is 4.98 Å². The highest BCUT2D eigenvalue weighted by Gasteiger charge is 2.18. The Hall–Kier alpha value is -2.62. The molecule has 3 N–H and O–H groups in total. The lowest BCUT2D eigenvalue weighted by molar-refractivity contribution is -0.118. The summed E-state index contributed by atoms with van der Waals surface area (Å²) in [7, 11) is -3.90. The zero-order valence-electron chi connectivity index (χ0n) is 13.3. The predicted octanol–water partition coefficient (Wildman–Crippen LogP) is -0.0131. The van der Waals surface area contributed by atoms with Crippen LogP contribution in [0.2, 0.25) is 0 Å². The molecule has 0 spiro atoms. The maximum absolute atomic E-state index is 12.4. The van der Waals surface area contributed by atoms with E-state index in [1.807, 2.05) is 13.8 Å². The molecule has 0 radical (unpaired) electrons. The van der Waals surface area contributed by atoms with Crippen molar-refractivity contribution in [3.63, 3.8) is 0 Å². The summed E-state index contributed by atoms with van der Waals surface area (Å²) in [4.78, 5) is 26.4. The Morgan fingerprint density at radius 3 is 2.67 bits per heavy atom. The van der Waals surface area contributed by atoms with Crippen molar-refractivity contribution < 1.29 is 13.2 Å². The summed E-state index contributed by atoms with van der Waals surface area (Å²) in [6.45, 7) is 4.33. The zero-order valence-corrected chi connectivity index (χ0v) is 14.2. The Labute approximate surface area is 139 Å². The molecule has 0 aliphatic heterocycles. The van der Waals surface area contributed by atoms with Crippen molar-refractivity contribution in [2.45, 2.75) is 32.0 Å². The van der Waals surface area contributed by atoms with Crippen LogP contribution in [0.3, 0.4) is 0 Å². The van der Waals surface area contributed by atoms with Crippen molar-refractivity contribution in [2.24, 2.45) is 11.7 Å². The molecule has 0 aromatic carbocycles. The number of nitrogens with zero attached hydrogens (tertiary/aromatic N) is 3. The monoisotopic (exact) mass is 353 g/mol. The van der Waals surface area contributed by atoms with E-state index in [1.54, 1.807) is 4.57 Å². The minimum absolute atomic E-state index is 0.129. The minimum atomic E-state index is -3.90. The van der Waals surface area contributed by atoms with Gasteiger partial charge in [-0.05, 0) is 12.0 Å². The largest absolute Gasteiger partial charge is 0.368 e. The molecule has 2 rings (SSSR count). The van der Waals surface area contributed by atoms with Gasteiger partial charge >= 0.3 is 0 Å². The molecule has 0 saturated heterocycles. The topological polar surface area (TPSA) is 129 Å². The van der Waals surface area contributed by atoms with Gasteiger partial charge in [0.25, 0.3) is 15.6 Å². The van der Waals surface area contributed by atoms with Crippen molar-refractivity contribution in [1.82, 2.24) is 14.1 Å². The number of imidazole rings is 1. The molecular formula is C14H19N5O4S. The van der Waals surface area contributed by atoms with Crippen LogP contribution in [0.15, 0.2) is 40.7 Å². The van der Waals surface area contributed by atoms with E-state index in [9.17, 15) is 18.0 Å². The number of aromatic nitrogens is 3. The second-order valence-corrected chi connectivity index (χ2v) is 7.39. The molecule has 2 aromatic rings. The average Bonchev–Trinajstić information content (AvgIpc) is 2.90. The van der Waals surface area contributed by atoms with Crippen molar-refractivity contribution in [1.29, 1.82) is 0 Å². The predicted molar refractivity (Wildman–Crippen MR) is 87.8 cm³/mol. The molecule has 0 atom stereocenters. The van der Waals surface area contributed by atoms with Crippen LogP contribution in [0.5, 0.6) is 0 Å². The van der Waals surface area contributed by atoms with Crippen molar-refractivity contribution in [2.75, 3.05) is 4.72 Å². The number of carbonyl (C=O) groups is 1. The van der Waals surface area contributed by atoms with Gasteiger partial charge in [0.2, 0.25) is 5.91 Å². The summed E-state index contributed by atoms with van der Waals surface area (Å²) in [6.07, 6.45) is 4.10. The number of pyridine rings is 1. The van der Waals surface area contributed by atoms with Gasteiger partial charge in [-0.2, -0.15) is 8.42 Å². The fourth-order valence-electron chi connectivity index (χ4n) is 2.09. The Morgan fingerprint density at radius 1 is 1.33 bits per heavy atom. The first-order chi connectivity index (χ1) is 11.2. The molecule has 0 saturated carbocycles. The van der Waals surface area contributed by atoms with Crippen LogP contribution in [0.1, 0.15) is 13.8 Å². The maximum Gasteiger partial charge on any atom is 0.280 e. The molecule has 0 fully saturated rings. The second-order valence-electron chi connectivity index (χ2n) is 5.76. The molecule has 0 aliphatic rings. The highest BCUT2D eigenvalue weighted by atomic mass is 32.2. The van der Waals surface area contributed by atoms with Gasteiger partial charge in [-0.15, -0.1) is 0 Å². The molecule has 0 bridgehead atoms. The van der Waals surface area contributed by atoms with E-state index < -0.39 is 21.5 Å². The van der Waals surface area contributed by atoms with Crippen molar-refractivity contribution in [3.8, 4) is 0 Å². The summed E-state index contributed by atoms with van der Waals surface area (Å²) in [5, 5.41) is -0.129. The van der Waals surface area contributed by atoms with Gasteiger partial charge in [0.15, 0.2) is 5.03 Å². The smallest absolute Gasteiger partial charge is 0.280 e. The normalized spacial score (nSPS) is 11.6. The maximum atomic E-state index is 12.4. The van der Waals surface area contributed by atoms with E-state index in [0.717, 1.165) is 10.6 Å². The average molecular weight is 353 g/mol. The number of hydrogen-bond donors (Lipinski definition) is 2. The molecule has 130 valence electrons. The third kappa shape index (κ3) is 4.44. The van der Waals surface area contributed by atoms with Crippen LogP contribution < -0.4 is 16.0 Å². The van der Waals surface area contributed by atoms with Crippen LogP contribution in [0.25, 0.3) is 0 Å². The number of hydrogen-bond acceptors (Lipinski definition) is 5. The molecule has 0 aliphatic carbocycles. The quantitative estimate of drug-likeness (QED) is 0.723. The second kappa shape index (κ2) is 6.87. The first kappa shape index (κ1) is 17.7. The van der Waals surface area contributed by atoms with Crippen molar-refractivity contribution in [3.05, 3.63) is 41.2 Å². The van der Waals surface area contributed by atoms with Crippen LogP contribution in [0, 0.1) is 5.92 Å². The number of anilines is 1. The number of carbonyl (C=O) groups excluding carboxylic acids is 1. The first-order valence-corrected chi connectivity index (χ1v) is 8.69.